The van der Waals surface area contributed by atoms with Crippen molar-refractivity contribution in [3.05, 3.63) is 72.6 Å². The van der Waals surface area contributed by atoms with Crippen molar-refractivity contribution in [2.75, 3.05) is 24.0 Å². The summed E-state index contributed by atoms with van der Waals surface area (Å²) in [6.07, 6.45) is 12.0. The van der Waals surface area contributed by atoms with E-state index < -0.39 is 0 Å². The molecule has 0 spiro atoms. The zero-order chi connectivity index (χ0) is 30.6. The van der Waals surface area contributed by atoms with Gasteiger partial charge < -0.3 is 0 Å². The standard InChI is InChI=1S/C33H34OS10/c1-5-7-11-15-37-30-31(38-16-12-8-6-2)44-33(43-30)32-39-23-17-21-22(18-24(23)40-32)26(34)20-14-10-9-13-19(20)25(21)27-41-28(35-3)29(36-4)42-27/h9-10,13-14,17-18H,5-8,11-12,15-16H2,1-4H3. The van der Waals surface area contributed by atoms with Gasteiger partial charge in [0.15, 0.2) is 5.43 Å². The SMILES string of the molecule is CCCCCSC1=C(SCCCCC)SC(=c2sc3cc4c(=O)c5ccccc5c(=C5SC(SC)=C(SC)S5)c4cc3s2)S1. The van der Waals surface area contributed by atoms with Crippen LogP contribution in [0.5, 0.6) is 0 Å². The van der Waals surface area contributed by atoms with Crippen LogP contribution in [0.25, 0.3) is 39.4 Å². The second kappa shape index (κ2) is 16.1. The van der Waals surface area contributed by atoms with Crippen LogP contribution in [0.1, 0.15) is 52.4 Å². The lowest BCUT2D eigenvalue weighted by Gasteiger charge is -2.07. The van der Waals surface area contributed by atoms with Crippen LogP contribution in [0.2, 0.25) is 0 Å². The Bertz CT molecular complexity index is 1900. The van der Waals surface area contributed by atoms with Gasteiger partial charge in [0.25, 0.3) is 0 Å². The third kappa shape index (κ3) is 7.32. The molecule has 1 nitrogen and oxygen atoms in total. The summed E-state index contributed by atoms with van der Waals surface area (Å²) in [4.78, 5) is 13.9. The molecule has 232 valence electrons. The number of rotatable bonds is 12. The quantitative estimate of drug-likeness (QED) is 0.103. The Morgan fingerprint density at radius 3 is 1.68 bits per heavy atom. The number of benzene rings is 3. The molecule has 1 aromatic heterocycles. The molecule has 2 aliphatic rings. The van der Waals surface area contributed by atoms with Gasteiger partial charge in [-0.15, -0.1) is 69.7 Å². The number of unbranched alkanes of at least 4 members (excludes halogenated alkanes) is 4. The molecule has 0 fully saturated rings. The summed E-state index contributed by atoms with van der Waals surface area (Å²) in [7, 11) is 0. The molecule has 0 unspecified atom stereocenters. The molecule has 0 N–H and O–H groups in total. The summed E-state index contributed by atoms with van der Waals surface area (Å²) in [5.74, 6) is 2.40. The van der Waals surface area contributed by atoms with Crippen molar-refractivity contribution in [3.63, 3.8) is 0 Å². The number of hydrogen-bond donors (Lipinski definition) is 0. The first kappa shape index (κ1) is 34.2. The van der Waals surface area contributed by atoms with Crippen LogP contribution >= 0.6 is 117 Å². The van der Waals surface area contributed by atoms with Gasteiger partial charge in [0.05, 0.1) is 25.4 Å². The lowest BCUT2D eigenvalue weighted by molar-refractivity contribution is 0.779. The number of hydrogen-bond acceptors (Lipinski definition) is 11. The van der Waals surface area contributed by atoms with Gasteiger partial charge in [-0.1, -0.05) is 111 Å². The average Bonchev–Trinajstić information content (AvgIpc) is 3.77. The molecule has 2 aliphatic heterocycles. The van der Waals surface area contributed by atoms with Gasteiger partial charge in [0.2, 0.25) is 0 Å². The van der Waals surface area contributed by atoms with E-state index >= 15 is 0 Å². The minimum atomic E-state index is 0.147. The summed E-state index contributed by atoms with van der Waals surface area (Å²) in [5, 5.41) is 5.05. The van der Waals surface area contributed by atoms with Crippen LogP contribution in [-0.2, 0) is 0 Å². The molecule has 3 heterocycles. The normalized spacial score (nSPS) is 15.8. The molecule has 0 saturated heterocycles. The largest absolute Gasteiger partial charge is 0.289 e. The minimum Gasteiger partial charge on any atom is -0.289 e. The van der Waals surface area contributed by atoms with Gasteiger partial charge >= 0.3 is 0 Å². The molecule has 0 bridgehead atoms. The van der Waals surface area contributed by atoms with Crippen molar-refractivity contribution in [1.82, 2.24) is 0 Å². The lowest BCUT2D eigenvalue weighted by atomic mass is 10.0. The van der Waals surface area contributed by atoms with Gasteiger partial charge in [-0.25, -0.2) is 0 Å². The first-order chi connectivity index (χ1) is 21.6. The highest BCUT2D eigenvalue weighted by atomic mass is 32.3. The molecule has 0 atom stereocenters. The topological polar surface area (TPSA) is 17.1 Å². The Balaban J connectivity index is 1.45. The molecule has 0 radical (unpaired) electrons. The van der Waals surface area contributed by atoms with E-state index in [0.717, 1.165) is 21.5 Å². The van der Waals surface area contributed by atoms with Crippen molar-refractivity contribution in [2.45, 2.75) is 52.4 Å². The fourth-order valence-electron chi connectivity index (χ4n) is 5.02. The fourth-order valence-corrected chi connectivity index (χ4v) is 19.0. The van der Waals surface area contributed by atoms with Gasteiger partial charge in [-0.05, 0) is 59.8 Å². The zero-order valence-corrected chi connectivity index (χ0v) is 33.3. The second-order valence-corrected chi connectivity index (χ2v) is 22.1. The molecule has 0 saturated carbocycles. The fraction of sp³-hybridized carbons (Fsp3) is 0.364. The van der Waals surface area contributed by atoms with Crippen molar-refractivity contribution in [3.8, 4) is 0 Å². The monoisotopic (exact) mass is 766 g/mol. The zero-order valence-electron chi connectivity index (χ0n) is 25.1. The molecule has 6 rings (SSSR count). The Labute approximate surface area is 302 Å². The molecule has 4 aromatic rings. The third-order valence-corrected chi connectivity index (χ3v) is 21.2. The molecule has 44 heavy (non-hydrogen) atoms. The molecular weight excluding hydrogens is 733 g/mol. The van der Waals surface area contributed by atoms with Gasteiger partial charge in [0, 0.05) is 25.4 Å². The molecule has 11 heteroatoms. The number of thioether (sulfide) groups is 8. The highest BCUT2D eigenvalue weighted by Crippen LogP contribution is 2.59. The molecule has 3 aromatic carbocycles. The van der Waals surface area contributed by atoms with Crippen molar-refractivity contribution in [2.24, 2.45) is 0 Å². The average molecular weight is 767 g/mol. The smallest absolute Gasteiger partial charge is 0.194 e. The Morgan fingerprint density at radius 2 is 1.14 bits per heavy atom. The van der Waals surface area contributed by atoms with Gasteiger partial charge in [0.1, 0.15) is 3.85 Å². The van der Waals surface area contributed by atoms with E-state index in [1.807, 2.05) is 105 Å². The first-order valence-electron chi connectivity index (χ1n) is 14.8. The van der Waals surface area contributed by atoms with E-state index in [2.05, 4.69) is 74.1 Å². The van der Waals surface area contributed by atoms with Crippen LogP contribution in [0.3, 0.4) is 0 Å². The maximum Gasteiger partial charge on any atom is 0.194 e. The van der Waals surface area contributed by atoms with E-state index in [4.69, 9.17) is 0 Å². The summed E-state index contributed by atoms with van der Waals surface area (Å²) in [5.41, 5.74) is 0.147. The molecule has 0 aliphatic carbocycles. The third-order valence-electron chi connectivity index (χ3n) is 7.22. The van der Waals surface area contributed by atoms with Gasteiger partial charge in [-0.2, -0.15) is 0 Å². The van der Waals surface area contributed by atoms with Crippen molar-refractivity contribution < 1.29 is 0 Å². The predicted octanol–water partition coefficient (Wildman–Crippen LogP) is 12.5. The Morgan fingerprint density at radius 1 is 0.614 bits per heavy atom. The highest BCUT2D eigenvalue weighted by molar-refractivity contribution is 8.46. The van der Waals surface area contributed by atoms with E-state index in [0.29, 0.717) is 0 Å². The van der Waals surface area contributed by atoms with Crippen LogP contribution in [0.4, 0.5) is 0 Å². The van der Waals surface area contributed by atoms with Crippen molar-refractivity contribution >= 4 is 156 Å². The van der Waals surface area contributed by atoms with Crippen molar-refractivity contribution in [1.29, 1.82) is 0 Å². The van der Waals surface area contributed by atoms with Crippen LogP contribution in [-0.4, -0.2) is 24.0 Å². The van der Waals surface area contributed by atoms with Crippen LogP contribution in [0.15, 0.2) is 58.1 Å². The summed E-state index contributed by atoms with van der Waals surface area (Å²) in [6, 6.07) is 12.7. The first-order valence-corrected chi connectivity index (χ1v) is 24.1. The lowest BCUT2D eigenvalue weighted by Crippen LogP contribution is -2.14. The van der Waals surface area contributed by atoms with E-state index in [-0.39, 0.29) is 5.43 Å². The predicted molar refractivity (Wildman–Crippen MR) is 222 cm³/mol. The van der Waals surface area contributed by atoms with Crippen LogP contribution in [0, 0.1) is 0 Å². The van der Waals surface area contributed by atoms with E-state index in [1.54, 1.807) is 0 Å². The molecular formula is C33H34OS10. The maximum absolute atomic E-state index is 13.9. The minimum absolute atomic E-state index is 0.147. The second-order valence-electron chi connectivity index (χ2n) is 10.2. The maximum atomic E-state index is 13.9. The summed E-state index contributed by atoms with van der Waals surface area (Å²) < 4.78 is 12.3. The van der Waals surface area contributed by atoms with Gasteiger partial charge in [-0.3, -0.25) is 4.79 Å². The number of fused-ring (bicyclic) bond motifs is 3. The Kier molecular flexibility index (Phi) is 12.5. The van der Waals surface area contributed by atoms with E-state index in [9.17, 15) is 4.79 Å². The summed E-state index contributed by atoms with van der Waals surface area (Å²) >= 11 is 19.2. The Hall–Kier alpha value is 0.310. The summed E-state index contributed by atoms with van der Waals surface area (Å²) in [6.45, 7) is 4.56. The highest BCUT2D eigenvalue weighted by Gasteiger charge is 2.25. The molecule has 0 amide bonds. The van der Waals surface area contributed by atoms with Crippen LogP contribution < -0.4 is 14.5 Å². The van der Waals surface area contributed by atoms with E-state index in [1.165, 1.54) is 93.9 Å².